The van der Waals surface area contributed by atoms with Crippen molar-refractivity contribution in [2.45, 2.75) is 6.10 Å². The second-order valence-electron chi connectivity index (χ2n) is 3.88. The van der Waals surface area contributed by atoms with Crippen LogP contribution in [0.25, 0.3) is 0 Å². The van der Waals surface area contributed by atoms with Crippen molar-refractivity contribution in [2.24, 2.45) is 0 Å². The molecule has 1 unspecified atom stereocenters. The van der Waals surface area contributed by atoms with Crippen molar-refractivity contribution in [3.05, 3.63) is 66.2 Å². The molecule has 0 saturated carbocycles. The van der Waals surface area contributed by atoms with E-state index in [1.165, 1.54) is 5.56 Å². The van der Waals surface area contributed by atoms with Crippen molar-refractivity contribution in [1.82, 2.24) is 0 Å². The van der Waals surface area contributed by atoms with Crippen LogP contribution in [0.2, 0.25) is 0 Å². The van der Waals surface area contributed by atoms with E-state index in [-0.39, 0.29) is 6.10 Å². The first kappa shape index (κ1) is 11.7. The number of hydrogen-bond donors (Lipinski definition) is 1. The van der Waals surface area contributed by atoms with E-state index in [1.807, 2.05) is 36.4 Å². The van der Waals surface area contributed by atoms with Gasteiger partial charge in [-0.3, -0.25) is 0 Å². The van der Waals surface area contributed by atoms with Crippen molar-refractivity contribution < 1.29 is 4.74 Å². The maximum Gasteiger partial charge on any atom is 0.0993 e. The number of hydrogen-bond acceptors (Lipinski definition) is 2. The molecule has 2 aromatic rings. The quantitative estimate of drug-likeness (QED) is 0.844. The molecule has 1 atom stereocenters. The highest BCUT2D eigenvalue weighted by molar-refractivity contribution is 5.42. The second-order valence-corrected chi connectivity index (χ2v) is 3.88. The standard InChI is InChI=1S/C15H17NO/c1-17-15(13-8-4-2-5-9-13)12-16-14-10-6-3-7-11-14/h2-11,15-16H,12H2,1H3. The summed E-state index contributed by atoms with van der Waals surface area (Å²) in [6, 6.07) is 20.4. The first-order chi connectivity index (χ1) is 8.40. The molecular weight excluding hydrogens is 210 g/mol. The van der Waals surface area contributed by atoms with Gasteiger partial charge in [-0.25, -0.2) is 0 Å². The minimum atomic E-state index is 0.0800. The number of benzene rings is 2. The fourth-order valence-electron chi connectivity index (χ4n) is 1.77. The summed E-state index contributed by atoms with van der Waals surface area (Å²) in [5, 5.41) is 3.37. The summed E-state index contributed by atoms with van der Waals surface area (Å²) in [5.41, 5.74) is 2.31. The number of para-hydroxylation sites is 1. The van der Waals surface area contributed by atoms with Crippen molar-refractivity contribution in [3.8, 4) is 0 Å². The average Bonchev–Trinajstić information content (AvgIpc) is 2.42. The molecule has 0 spiro atoms. The Kier molecular flexibility index (Phi) is 4.17. The fourth-order valence-corrected chi connectivity index (χ4v) is 1.77. The van der Waals surface area contributed by atoms with Crippen molar-refractivity contribution in [3.63, 3.8) is 0 Å². The van der Waals surface area contributed by atoms with Gasteiger partial charge in [0, 0.05) is 19.3 Å². The van der Waals surface area contributed by atoms with E-state index in [9.17, 15) is 0 Å². The molecule has 0 amide bonds. The largest absolute Gasteiger partial charge is 0.382 e. The van der Waals surface area contributed by atoms with Gasteiger partial charge in [-0.2, -0.15) is 0 Å². The van der Waals surface area contributed by atoms with Crippen LogP contribution >= 0.6 is 0 Å². The van der Waals surface area contributed by atoms with Crippen LogP contribution < -0.4 is 5.32 Å². The van der Waals surface area contributed by atoms with Crippen LogP contribution in [0, 0.1) is 0 Å². The van der Waals surface area contributed by atoms with E-state index in [0.29, 0.717) is 0 Å². The molecule has 2 nitrogen and oxygen atoms in total. The number of nitrogens with one attached hydrogen (secondary N) is 1. The molecule has 0 heterocycles. The highest BCUT2D eigenvalue weighted by Crippen LogP contribution is 2.17. The van der Waals surface area contributed by atoms with Crippen LogP contribution in [0.4, 0.5) is 5.69 Å². The van der Waals surface area contributed by atoms with Gasteiger partial charge < -0.3 is 10.1 Å². The molecule has 2 heteroatoms. The Balaban J connectivity index is 1.97. The first-order valence-corrected chi connectivity index (χ1v) is 5.77. The summed E-state index contributed by atoms with van der Waals surface area (Å²) >= 11 is 0. The minimum Gasteiger partial charge on any atom is -0.382 e. The number of anilines is 1. The molecule has 0 aliphatic rings. The number of ether oxygens (including phenoxy) is 1. The highest BCUT2D eigenvalue weighted by atomic mass is 16.5. The second kappa shape index (κ2) is 6.06. The summed E-state index contributed by atoms with van der Waals surface area (Å²) in [6.07, 6.45) is 0.0800. The third-order valence-electron chi connectivity index (χ3n) is 2.72. The Hall–Kier alpha value is -1.80. The molecule has 1 N–H and O–H groups in total. The maximum absolute atomic E-state index is 5.50. The molecule has 88 valence electrons. The molecule has 0 fully saturated rings. The summed E-state index contributed by atoms with van der Waals surface area (Å²) in [6.45, 7) is 0.768. The molecule has 2 aromatic carbocycles. The highest BCUT2D eigenvalue weighted by Gasteiger charge is 2.08. The van der Waals surface area contributed by atoms with Gasteiger partial charge in [0.25, 0.3) is 0 Å². The molecule has 2 rings (SSSR count). The van der Waals surface area contributed by atoms with Crippen LogP contribution in [0.15, 0.2) is 60.7 Å². The topological polar surface area (TPSA) is 21.3 Å². The van der Waals surface area contributed by atoms with Crippen molar-refractivity contribution in [2.75, 3.05) is 19.0 Å². The fraction of sp³-hybridized carbons (Fsp3) is 0.200. The molecule has 0 saturated heterocycles. The van der Waals surface area contributed by atoms with E-state index in [0.717, 1.165) is 12.2 Å². The Bertz CT molecular complexity index is 427. The van der Waals surface area contributed by atoms with Crippen LogP contribution in [0.5, 0.6) is 0 Å². The van der Waals surface area contributed by atoms with Gasteiger partial charge in [-0.1, -0.05) is 48.5 Å². The summed E-state index contributed by atoms with van der Waals surface area (Å²) in [7, 11) is 1.74. The molecular formula is C15H17NO. The predicted molar refractivity (Wildman–Crippen MR) is 71.1 cm³/mol. The smallest absolute Gasteiger partial charge is 0.0993 e. The summed E-state index contributed by atoms with van der Waals surface area (Å²) in [4.78, 5) is 0. The van der Waals surface area contributed by atoms with E-state index in [2.05, 4.69) is 29.6 Å². The van der Waals surface area contributed by atoms with Gasteiger partial charge in [-0.05, 0) is 17.7 Å². The van der Waals surface area contributed by atoms with Crippen LogP contribution in [-0.4, -0.2) is 13.7 Å². The molecule has 0 radical (unpaired) electrons. The average molecular weight is 227 g/mol. The lowest BCUT2D eigenvalue weighted by molar-refractivity contribution is 0.114. The zero-order chi connectivity index (χ0) is 11.9. The summed E-state index contributed by atoms with van der Waals surface area (Å²) in [5.74, 6) is 0. The van der Waals surface area contributed by atoms with Gasteiger partial charge in [0.2, 0.25) is 0 Å². The summed E-state index contributed by atoms with van der Waals surface area (Å²) < 4.78 is 5.50. The lowest BCUT2D eigenvalue weighted by Gasteiger charge is -2.17. The molecule has 0 aromatic heterocycles. The SMILES string of the molecule is COC(CNc1ccccc1)c1ccccc1. The zero-order valence-corrected chi connectivity index (χ0v) is 9.97. The van der Waals surface area contributed by atoms with Crippen LogP contribution in [0.3, 0.4) is 0 Å². The van der Waals surface area contributed by atoms with Gasteiger partial charge in [0.15, 0.2) is 0 Å². The van der Waals surface area contributed by atoms with E-state index in [1.54, 1.807) is 7.11 Å². The first-order valence-electron chi connectivity index (χ1n) is 5.77. The third-order valence-corrected chi connectivity index (χ3v) is 2.72. The Morgan fingerprint density at radius 1 is 0.941 bits per heavy atom. The Morgan fingerprint density at radius 2 is 1.53 bits per heavy atom. The molecule has 17 heavy (non-hydrogen) atoms. The van der Waals surface area contributed by atoms with Crippen molar-refractivity contribution in [1.29, 1.82) is 0 Å². The third kappa shape index (κ3) is 3.33. The lowest BCUT2D eigenvalue weighted by Crippen LogP contribution is -2.14. The van der Waals surface area contributed by atoms with E-state index >= 15 is 0 Å². The Labute approximate surface area is 102 Å². The normalized spacial score (nSPS) is 12.1. The van der Waals surface area contributed by atoms with Gasteiger partial charge in [0.1, 0.15) is 0 Å². The maximum atomic E-state index is 5.50. The van der Waals surface area contributed by atoms with E-state index in [4.69, 9.17) is 4.74 Å². The monoisotopic (exact) mass is 227 g/mol. The predicted octanol–water partition coefficient (Wildman–Crippen LogP) is 3.49. The minimum absolute atomic E-state index is 0.0800. The Morgan fingerprint density at radius 3 is 2.12 bits per heavy atom. The zero-order valence-electron chi connectivity index (χ0n) is 9.97. The molecule has 0 aliphatic heterocycles. The van der Waals surface area contributed by atoms with Gasteiger partial charge in [-0.15, -0.1) is 0 Å². The van der Waals surface area contributed by atoms with Crippen LogP contribution in [-0.2, 0) is 4.74 Å². The lowest BCUT2D eigenvalue weighted by atomic mass is 10.1. The number of methoxy groups -OCH3 is 1. The molecule has 0 bridgehead atoms. The van der Waals surface area contributed by atoms with Gasteiger partial charge >= 0.3 is 0 Å². The van der Waals surface area contributed by atoms with Crippen LogP contribution in [0.1, 0.15) is 11.7 Å². The molecule has 0 aliphatic carbocycles. The van der Waals surface area contributed by atoms with Crippen molar-refractivity contribution >= 4 is 5.69 Å². The number of rotatable bonds is 5. The van der Waals surface area contributed by atoms with E-state index < -0.39 is 0 Å². The van der Waals surface area contributed by atoms with Gasteiger partial charge in [0.05, 0.1) is 6.10 Å².